The first-order valence-corrected chi connectivity index (χ1v) is 8.51. The van der Waals surface area contributed by atoms with Crippen molar-refractivity contribution in [2.24, 2.45) is 0 Å². The fraction of sp³-hybridized carbons (Fsp3) is 0.333. The van der Waals surface area contributed by atoms with Crippen molar-refractivity contribution in [3.63, 3.8) is 0 Å². The van der Waals surface area contributed by atoms with Crippen LogP contribution in [-0.4, -0.2) is 38.8 Å². The number of rotatable bonds is 7. The van der Waals surface area contributed by atoms with Gasteiger partial charge in [-0.1, -0.05) is 11.3 Å². The van der Waals surface area contributed by atoms with Gasteiger partial charge in [0.15, 0.2) is 0 Å². The summed E-state index contributed by atoms with van der Waals surface area (Å²) in [7, 11) is -1.82. The number of nitrogens with zero attached hydrogens (tertiary/aromatic N) is 2. The summed E-state index contributed by atoms with van der Waals surface area (Å²) in [5.41, 5.74) is 0. The average molecular weight is 328 g/mol. The standard InChI is InChI=1S/C12H16N4O3S2/c1-9-14-15-12(20-9)16-21(17,18)11-5-3-10(4-6-11)19-8-7-13-2/h3-6,13H,7-8H2,1-2H3,(H,15,16). The van der Waals surface area contributed by atoms with Gasteiger partial charge in [0.05, 0.1) is 4.90 Å². The molecule has 2 rings (SSSR count). The molecule has 0 atom stereocenters. The summed E-state index contributed by atoms with van der Waals surface area (Å²) in [4.78, 5) is 0.149. The second-order valence-electron chi connectivity index (χ2n) is 4.16. The molecule has 0 aliphatic carbocycles. The van der Waals surface area contributed by atoms with Crippen LogP contribution < -0.4 is 14.8 Å². The molecule has 114 valence electrons. The SMILES string of the molecule is CNCCOc1ccc(S(=O)(=O)Nc2nnc(C)s2)cc1. The largest absolute Gasteiger partial charge is 0.492 e. The van der Waals surface area contributed by atoms with E-state index in [1.165, 1.54) is 23.5 Å². The molecule has 0 bridgehead atoms. The molecule has 0 spiro atoms. The van der Waals surface area contributed by atoms with Crippen LogP contribution in [0, 0.1) is 6.92 Å². The predicted molar refractivity (Wildman–Crippen MR) is 81.3 cm³/mol. The van der Waals surface area contributed by atoms with Gasteiger partial charge < -0.3 is 10.1 Å². The van der Waals surface area contributed by atoms with E-state index in [0.29, 0.717) is 17.4 Å². The van der Waals surface area contributed by atoms with Gasteiger partial charge in [0.25, 0.3) is 10.0 Å². The highest BCUT2D eigenvalue weighted by atomic mass is 32.2. The lowest BCUT2D eigenvalue weighted by atomic mass is 10.3. The lowest BCUT2D eigenvalue weighted by Gasteiger charge is -2.07. The highest BCUT2D eigenvalue weighted by molar-refractivity contribution is 7.93. The minimum absolute atomic E-state index is 0.149. The quantitative estimate of drug-likeness (QED) is 0.743. The Morgan fingerprint density at radius 3 is 2.52 bits per heavy atom. The molecular weight excluding hydrogens is 312 g/mol. The maximum absolute atomic E-state index is 12.2. The molecule has 1 aromatic heterocycles. The van der Waals surface area contributed by atoms with E-state index in [1.807, 2.05) is 7.05 Å². The molecule has 0 fully saturated rings. The van der Waals surface area contributed by atoms with E-state index in [2.05, 4.69) is 20.2 Å². The lowest BCUT2D eigenvalue weighted by Crippen LogP contribution is -2.16. The van der Waals surface area contributed by atoms with Gasteiger partial charge >= 0.3 is 0 Å². The first-order chi connectivity index (χ1) is 10.0. The van der Waals surface area contributed by atoms with Crippen LogP contribution in [0.1, 0.15) is 5.01 Å². The number of aryl methyl sites for hydroxylation is 1. The Morgan fingerprint density at radius 1 is 1.24 bits per heavy atom. The molecule has 2 aromatic rings. The van der Waals surface area contributed by atoms with Crippen molar-refractivity contribution in [1.29, 1.82) is 0 Å². The third kappa shape index (κ3) is 4.38. The highest BCUT2D eigenvalue weighted by Crippen LogP contribution is 2.21. The summed E-state index contributed by atoms with van der Waals surface area (Å²) in [6.45, 7) is 3.00. The highest BCUT2D eigenvalue weighted by Gasteiger charge is 2.16. The summed E-state index contributed by atoms with van der Waals surface area (Å²) in [5.74, 6) is 0.621. The average Bonchev–Trinajstić information content (AvgIpc) is 2.84. The van der Waals surface area contributed by atoms with Gasteiger partial charge in [-0.15, -0.1) is 10.2 Å². The molecular formula is C12H16N4O3S2. The zero-order valence-corrected chi connectivity index (χ0v) is 13.3. The summed E-state index contributed by atoms with van der Waals surface area (Å²) in [6.07, 6.45) is 0. The fourth-order valence-electron chi connectivity index (χ4n) is 1.50. The second-order valence-corrected chi connectivity index (χ2v) is 7.02. The number of hydrogen-bond acceptors (Lipinski definition) is 7. The van der Waals surface area contributed by atoms with Crippen LogP contribution in [0.4, 0.5) is 5.13 Å². The molecule has 1 heterocycles. The van der Waals surface area contributed by atoms with Gasteiger partial charge in [-0.05, 0) is 38.2 Å². The van der Waals surface area contributed by atoms with E-state index in [9.17, 15) is 8.42 Å². The maximum atomic E-state index is 12.2. The number of ether oxygens (including phenoxy) is 1. The molecule has 0 radical (unpaired) electrons. The van der Waals surface area contributed by atoms with Gasteiger partial charge in [-0.3, -0.25) is 4.72 Å². The second kappa shape index (κ2) is 6.83. The summed E-state index contributed by atoms with van der Waals surface area (Å²) >= 11 is 1.18. The molecule has 0 amide bonds. The van der Waals surface area contributed by atoms with Gasteiger partial charge in [0.1, 0.15) is 17.4 Å². The monoisotopic (exact) mass is 328 g/mol. The van der Waals surface area contributed by atoms with Crippen molar-refractivity contribution < 1.29 is 13.2 Å². The molecule has 7 nitrogen and oxygen atoms in total. The molecule has 0 aliphatic rings. The van der Waals surface area contributed by atoms with Crippen molar-refractivity contribution in [2.75, 3.05) is 24.9 Å². The van der Waals surface area contributed by atoms with E-state index in [0.717, 1.165) is 6.54 Å². The minimum atomic E-state index is -3.65. The van der Waals surface area contributed by atoms with Gasteiger partial charge in [0, 0.05) is 6.54 Å². The van der Waals surface area contributed by atoms with Gasteiger partial charge in [0.2, 0.25) is 5.13 Å². The van der Waals surface area contributed by atoms with Crippen LogP contribution >= 0.6 is 11.3 Å². The number of sulfonamides is 1. The zero-order chi connectivity index (χ0) is 15.3. The Balaban J connectivity index is 2.06. The van der Waals surface area contributed by atoms with E-state index < -0.39 is 10.0 Å². The van der Waals surface area contributed by atoms with E-state index >= 15 is 0 Å². The van der Waals surface area contributed by atoms with Crippen LogP contribution in [0.15, 0.2) is 29.2 Å². The number of benzene rings is 1. The van der Waals surface area contributed by atoms with Crippen molar-refractivity contribution in [1.82, 2.24) is 15.5 Å². The zero-order valence-electron chi connectivity index (χ0n) is 11.7. The van der Waals surface area contributed by atoms with Crippen molar-refractivity contribution in [2.45, 2.75) is 11.8 Å². The maximum Gasteiger partial charge on any atom is 0.263 e. The Kier molecular flexibility index (Phi) is 5.10. The molecule has 9 heteroatoms. The first-order valence-electron chi connectivity index (χ1n) is 6.21. The molecule has 2 N–H and O–H groups in total. The Morgan fingerprint density at radius 2 is 1.95 bits per heavy atom. The smallest absolute Gasteiger partial charge is 0.263 e. The number of hydrogen-bond donors (Lipinski definition) is 2. The van der Waals surface area contributed by atoms with Crippen LogP contribution in [-0.2, 0) is 10.0 Å². The van der Waals surface area contributed by atoms with E-state index in [-0.39, 0.29) is 10.0 Å². The summed E-state index contributed by atoms with van der Waals surface area (Å²) < 4.78 is 32.2. The molecule has 0 saturated carbocycles. The normalized spacial score (nSPS) is 11.3. The van der Waals surface area contributed by atoms with Crippen molar-refractivity contribution in [3.05, 3.63) is 29.3 Å². The first kappa shape index (κ1) is 15.7. The molecule has 0 aliphatic heterocycles. The third-order valence-electron chi connectivity index (χ3n) is 2.50. The third-order valence-corrected chi connectivity index (χ3v) is 4.74. The van der Waals surface area contributed by atoms with Crippen LogP contribution in [0.3, 0.4) is 0 Å². The van der Waals surface area contributed by atoms with Crippen molar-refractivity contribution >= 4 is 26.5 Å². The Bertz CT molecular complexity index is 683. The van der Waals surface area contributed by atoms with Crippen molar-refractivity contribution in [3.8, 4) is 5.75 Å². The number of nitrogens with one attached hydrogen (secondary N) is 2. The topological polar surface area (TPSA) is 93.2 Å². The summed E-state index contributed by atoms with van der Waals surface area (Å²) in [6, 6.07) is 6.22. The predicted octanol–water partition coefficient (Wildman–Crippen LogP) is 1.25. The van der Waals surface area contributed by atoms with Gasteiger partial charge in [-0.25, -0.2) is 8.42 Å². The van der Waals surface area contributed by atoms with E-state index in [1.54, 1.807) is 19.1 Å². The molecule has 0 saturated heterocycles. The molecule has 21 heavy (non-hydrogen) atoms. The van der Waals surface area contributed by atoms with Crippen LogP contribution in [0.2, 0.25) is 0 Å². The Hall–Kier alpha value is -1.71. The van der Waals surface area contributed by atoms with E-state index in [4.69, 9.17) is 4.74 Å². The summed E-state index contributed by atoms with van der Waals surface area (Å²) in [5, 5.41) is 11.4. The van der Waals surface area contributed by atoms with Gasteiger partial charge in [-0.2, -0.15) is 0 Å². The van der Waals surface area contributed by atoms with Crippen LogP contribution in [0.5, 0.6) is 5.75 Å². The molecule has 1 aromatic carbocycles. The Labute approximate surface area is 127 Å². The van der Waals surface area contributed by atoms with Crippen LogP contribution in [0.25, 0.3) is 0 Å². The number of aromatic nitrogens is 2. The fourth-order valence-corrected chi connectivity index (χ4v) is 3.32. The lowest BCUT2D eigenvalue weighted by molar-refractivity contribution is 0.318. The molecule has 0 unspecified atom stereocenters. The minimum Gasteiger partial charge on any atom is -0.492 e. The number of likely N-dealkylation sites (N-methyl/N-ethyl adjacent to an activating group) is 1. The number of anilines is 1.